The third-order valence-electron chi connectivity index (χ3n) is 11.1. The molecule has 2 N–H and O–H groups in total. The fourth-order valence-corrected chi connectivity index (χ4v) is 9.97. The van der Waals surface area contributed by atoms with Crippen molar-refractivity contribution >= 4 is 72.4 Å². The maximum absolute atomic E-state index is 11.8. The highest BCUT2D eigenvalue weighted by molar-refractivity contribution is 7.94. The minimum Gasteiger partial charge on any atom is -0.347 e. The molecule has 0 radical (unpaired) electrons. The molecule has 0 unspecified atom stereocenters. The van der Waals surface area contributed by atoms with E-state index >= 15 is 0 Å². The van der Waals surface area contributed by atoms with Crippen LogP contribution in [-0.2, 0) is 30.3 Å². The van der Waals surface area contributed by atoms with Gasteiger partial charge < -0.3 is 4.90 Å². The van der Waals surface area contributed by atoms with E-state index in [1.807, 2.05) is 24.3 Å². The summed E-state index contributed by atoms with van der Waals surface area (Å²) >= 11 is 8.17. The third-order valence-corrected chi connectivity index (χ3v) is 13.1. The summed E-state index contributed by atoms with van der Waals surface area (Å²) in [6.07, 6.45) is 9.10. The van der Waals surface area contributed by atoms with Crippen molar-refractivity contribution in [2.75, 3.05) is 19.0 Å². The summed E-state index contributed by atoms with van der Waals surface area (Å²) in [7, 11) is -0.0677. The highest BCUT2D eigenvalue weighted by Gasteiger charge is 2.45. The van der Waals surface area contributed by atoms with Gasteiger partial charge in [-0.15, -0.1) is 4.33 Å². The molecule has 8 nitrogen and oxygen atoms in total. The highest BCUT2D eigenvalue weighted by atomic mass is 35.5. The number of nitrogens with zero attached hydrogens (tertiary/aromatic N) is 2. The molecular weight excluding hydrogens is 704 g/mol. The van der Waals surface area contributed by atoms with E-state index in [4.69, 9.17) is 16.9 Å². The van der Waals surface area contributed by atoms with Crippen LogP contribution in [-0.4, -0.2) is 42.6 Å². The molecule has 266 valence electrons. The quantitative estimate of drug-likeness (QED) is 0.0605. The summed E-state index contributed by atoms with van der Waals surface area (Å²) in [5.74, 6) is 0. The lowest BCUT2D eigenvalue weighted by Crippen LogP contribution is -2.28. The first-order valence-corrected chi connectivity index (χ1v) is 19.6. The number of benzene rings is 4. The monoisotopic (exact) mass is 745 g/mol. The Labute approximate surface area is 308 Å². The molecule has 11 heteroatoms. The number of hydrogen-bond donors (Lipinski definition) is 2. The first-order chi connectivity index (χ1) is 24.1. The van der Waals surface area contributed by atoms with Gasteiger partial charge in [0.1, 0.15) is 7.05 Å². The number of likely N-dealkylation sites (N-methyl/N-ethyl adjacent to an activating group) is 1. The van der Waals surface area contributed by atoms with Crippen molar-refractivity contribution in [2.45, 2.75) is 80.4 Å². The van der Waals surface area contributed by atoms with Crippen LogP contribution in [0, 0.1) is 0 Å². The maximum atomic E-state index is 11.8. The van der Waals surface area contributed by atoms with E-state index in [1.54, 1.807) is 6.07 Å². The molecule has 0 aromatic heterocycles. The molecule has 2 aliphatic heterocycles. The van der Waals surface area contributed by atoms with Gasteiger partial charge >= 0.3 is 0 Å². The summed E-state index contributed by atoms with van der Waals surface area (Å²) in [6, 6.07) is 19.2. The zero-order valence-corrected chi connectivity index (χ0v) is 32.0. The van der Waals surface area contributed by atoms with Crippen LogP contribution in [0.15, 0.2) is 104 Å². The topological polar surface area (TPSA) is 99.3 Å². The molecule has 2 heterocycles. The van der Waals surface area contributed by atoms with Crippen LogP contribution in [0.2, 0.25) is 0 Å². The first-order valence-electron chi connectivity index (χ1n) is 17.0. The van der Waals surface area contributed by atoms with Gasteiger partial charge in [-0.2, -0.15) is 8.42 Å². The predicted octanol–water partition coefficient (Wildman–Crippen LogP) is 10.4. The molecule has 0 saturated heterocycles. The van der Waals surface area contributed by atoms with E-state index in [9.17, 15) is 13.0 Å². The minimum atomic E-state index is -4.30. The lowest BCUT2D eigenvalue weighted by molar-refractivity contribution is -0.432. The van der Waals surface area contributed by atoms with Crippen LogP contribution in [0.3, 0.4) is 0 Å². The largest absolute Gasteiger partial charge is 0.347 e. The first kappa shape index (κ1) is 35.9. The van der Waals surface area contributed by atoms with Gasteiger partial charge in [0.2, 0.25) is 5.69 Å². The van der Waals surface area contributed by atoms with Gasteiger partial charge in [-0.1, -0.05) is 60.3 Å². The lowest BCUT2D eigenvalue weighted by Gasteiger charge is -2.25. The maximum Gasteiger partial charge on any atom is 0.294 e. The standard InChI is InChI=1S/C40H41ClN2O6S2/c1-39(2)34(42(5)32-18-10-26-22-28(50-49-48-44)14-16-30(26)36(32)39)20-12-24-8-7-9-25(38(24)41)13-21-35-40(3,4)37-31-17-15-29(51(45,46)47)23-27(31)11-19-33(37)43(35)6/h10-11,13-19,21-23H,7-9,12,20H2,1-6H3,(H-,44,45,46,47)/p+1. The third kappa shape index (κ3) is 6.14. The van der Waals surface area contributed by atoms with E-state index in [1.165, 1.54) is 40.1 Å². The summed E-state index contributed by atoms with van der Waals surface area (Å²) in [6.45, 7) is 8.99. The normalized spacial score (nSPS) is 20.0. The molecule has 4 aromatic rings. The Morgan fingerprint density at radius 2 is 1.63 bits per heavy atom. The van der Waals surface area contributed by atoms with E-state index < -0.39 is 10.1 Å². The van der Waals surface area contributed by atoms with Gasteiger partial charge in [0, 0.05) is 51.8 Å². The zero-order chi connectivity index (χ0) is 36.5. The van der Waals surface area contributed by atoms with Crippen LogP contribution in [0.5, 0.6) is 0 Å². The highest BCUT2D eigenvalue weighted by Crippen LogP contribution is 2.51. The molecule has 7 rings (SSSR count). The molecule has 0 bridgehead atoms. The summed E-state index contributed by atoms with van der Waals surface area (Å²) < 4.78 is 40.2. The number of rotatable bonds is 8. The van der Waals surface area contributed by atoms with Crippen molar-refractivity contribution in [3.8, 4) is 0 Å². The van der Waals surface area contributed by atoms with Crippen LogP contribution in [0.1, 0.15) is 70.9 Å². The number of allylic oxidation sites excluding steroid dienone is 6. The molecule has 0 fully saturated rings. The van der Waals surface area contributed by atoms with Gasteiger partial charge in [0.05, 0.1) is 22.4 Å². The minimum absolute atomic E-state index is 0.107. The predicted molar refractivity (Wildman–Crippen MR) is 206 cm³/mol. The smallest absolute Gasteiger partial charge is 0.294 e. The molecule has 3 aliphatic rings. The molecule has 51 heavy (non-hydrogen) atoms. The average molecular weight is 746 g/mol. The molecular formula is C40H42ClN2O6S2+. The van der Waals surface area contributed by atoms with Gasteiger partial charge in [0.25, 0.3) is 10.1 Å². The van der Waals surface area contributed by atoms with Crippen molar-refractivity contribution in [2.24, 2.45) is 0 Å². The second-order valence-corrected chi connectivity index (χ2v) is 17.3. The summed E-state index contributed by atoms with van der Waals surface area (Å²) in [5, 5.41) is 17.2. The fourth-order valence-electron chi connectivity index (χ4n) is 8.70. The molecule has 0 saturated carbocycles. The van der Waals surface area contributed by atoms with E-state index in [0.29, 0.717) is 0 Å². The summed E-state index contributed by atoms with van der Waals surface area (Å²) in [4.78, 5) is 2.93. The Kier molecular flexibility index (Phi) is 9.28. The average Bonchev–Trinajstić information content (AvgIpc) is 3.41. The number of fused-ring (bicyclic) bond motifs is 6. The van der Waals surface area contributed by atoms with Crippen LogP contribution >= 0.6 is 23.6 Å². The molecule has 0 atom stereocenters. The Bertz CT molecular complexity index is 2360. The van der Waals surface area contributed by atoms with Crippen LogP contribution in [0.25, 0.3) is 21.5 Å². The Morgan fingerprint density at radius 3 is 2.37 bits per heavy atom. The second-order valence-electron chi connectivity index (χ2n) is 14.7. The molecule has 0 spiro atoms. The van der Waals surface area contributed by atoms with E-state index in [0.717, 1.165) is 92.8 Å². The lowest BCUT2D eigenvalue weighted by atomic mass is 9.77. The number of hydrogen-bond acceptors (Lipinski definition) is 7. The van der Waals surface area contributed by atoms with Crippen LogP contribution < -0.4 is 4.90 Å². The van der Waals surface area contributed by atoms with Crippen molar-refractivity contribution in [1.82, 2.24) is 0 Å². The van der Waals surface area contributed by atoms with E-state index in [2.05, 4.69) is 91.0 Å². The van der Waals surface area contributed by atoms with Gasteiger partial charge in [-0.05, 0) is 115 Å². The zero-order valence-electron chi connectivity index (χ0n) is 29.6. The van der Waals surface area contributed by atoms with Gasteiger partial charge in [0.15, 0.2) is 5.71 Å². The van der Waals surface area contributed by atoms with Crippen molar-refractivity contribution in [3.05, 3.63) is 106 Å². The van der Waals surface area contributed by atoms with Gasteiger partial charge in [-0.25, -0.2) is 9.83 Å². The summed E-state index contributed by atoms with van der Waals surface area (Å²) in [5.41, 5.74) is 9.10. The molecule has 0 amide bonds. The Balaban J connectivity index is 1.15. The Morgan fingerprint density at radius 1 is 0.922 bits per heavy atom. The fraction of sp³-hybridized carbons (Fsp3) is 0.325. The Hall–Kier alpha value is -3.48. The van der Waals surface area contributed by atoms with Gasteiger partial charge in [-0.3, -0.25) is 4.55 Å². The van der Waals surface area contributed by atoms with Crippen molar-refractivity contribution < 1.29 is 32.2 Å². The van der Waals surface area contributed by atoms with Crippen LogP contribution in [0.4, 0.5) is 11.4 Å². The number of anilines is 1. The molecule has 1 aliphatic carbocycles. The second kappa shape index (κ2) is 13.2. The number of halogens is 1. The SMILES string of the molecule is CN1C(=CC=C2CCCC(CCC3=[N+](C)c4ccc5cc(SOOO)ccc5c4C3(C)C)=C2Cl)C(C)(C)c2c1ccc1cc(S(=O)(=O)O)ccc21. The molecule has 4 aromatic carbocycles. The van der Waals surface area contributed by atoms with E-state index in [-0.39, 0.29) is 15.7 Å². The van der Waals surface area contributed by atoms with Crippen molar-refractivity contribution in [3.63, 3.8) is 0 Å². The van der Waals surface area contributed by atoms with Crippen molar-refractivity contribution in [1.29, 1.82) is 0 Å².